The Kier molecular flexibility index (Phi) is 5.67. The first-order valence-corrected chi connectivity index (χ1v) is 9.44. The molecule has 7 nitrogen and oxygen atoms in total. The first-order valence-electron chi connectivity index (χ1n) is 9.44. The number of hydrogen-bond donors (Lipinski definition) is 1. The van der Waals surface area contributed by atoms with E-state index in [2.05, 4.69) is 9.83 Å². The SMILES string of the molecule is [C-]#[N+]c1ccc2c(c1)OCCOc1cc(c(F)cc1CC(=O)O)-c1cccc(n1)OC2. The summed E-state index contributed by atoms with van der Waals surface area (Å²) in [5.41, 5.74) is 1.86. The number of aliphatic carboxylic acids is 1. The zero-order valence-corrected chi connectivity index (χ0v) is 16.3. The van der Waals surface area contributed by atoms with Crippen LogP contribution in [0.3, 0.4) is 0 Å². The van der Waals surface area contributed by atoms with Crippen LogP contribution in [0.25, 0.3) is 16.1 Å². The van der Waals surface area contributed by atoms with Crippen LogP contribution in [0.1, 0.15) is 11.1 Å². The zero-order valence-electron chi connectivity index (χ0n) is 16.3. The van der Waals surface area contributed by atoms with Crippen LogP contribution in [0.2, 0.25) is 0 Å². The van der Waals surface area contributed by atoms with Gasteiger partial charge in [0.1, 0.15) is 37.1 Å². The Balaban J connectivity index is 1.76. The summed E-state index contributed by atoms with van der Waals surface area (Å²) in [5.74, 6) is -0.699. The van der Waals surface area contributed by atoms with Crippen molar-refractivity contribution in [3.63, 3.8) is 0 Å². The number of pyridine rings is 1. The van der Waals surface area contributed by atoms with Crippen LogP contribution in [0, 0.1) is 12.4 Å². The molecule has 1 aliphatic heterocycles. The average Bonchev–Trinajstić information content (AvgIpc) is 2.76. The molecule has 0 spiro atoms. The number of carboxylic acids is 1. The van der Waals surface area contributed by atoms with Gasteiger partial charge >= 0.3 is 5.97 Å². The molecule has 3 aromatic rings. The minimum absolute atomic E-state index is 0.0910. The highest BCUT2D eigenvalue weighted by Gasteiger charge is 2.17. The third kappa shape index (κ3) is 4.56. The summed E-state index contributed by atoms with van der Waals surface area (Å²) in [5, 5.41) is 9.16. The van der Waals surface area contributed by atoms with E-state index >= 15 is 0 Å². The Morgan fingerprint density at radius 2 is 1.90 bits per heavy atom. The number of nitrogens with zero attached hydrogens (tertiary/aromatic N) is 2. The van der Waals surface area contributed by atoms with Crippen LogP contribution in [0.5, 0.6) is 17.4 Å². The third-order valence-electron chi connectivity index (χ3n) is 4.65. The van der Waals surface area contributed by atoms with Gasteiger partial charge in [0.05, 0.1) is 18.7 Å². The number of ether oxygens (including phenoxy) is 3. The van der Waals surface area contributed by atoms with Crippen molar-refractivity contribution >= 4 is 11.7 Å². The average molecular weight is 420 g/mol. The van der Waals surface area contributed by atoms with Crippen LogP contribution in [0.15, 0.2) is 48.5 Å². The van der Waals surface area contributed by atoms with Crippen molar-refractivity contribution in [3.8, 4) is 28.6 Å². The Morgan fingerprint density at radius 3 is 2.68 bits per heavy atom. The van der Waals surface area contributed by atoms with Gasteiger partial charge in [-0.2, -0.15) is 0 Å². The molecule has 0 saturated heterocycles. The quantitative estimate of drug-likeness (QED) is 0.619. The summed E-state index contributed by atoms with van der Waals surface area (Å²) >= 11 is 0. The molecule has 156 valence electrons. The van der Waals surface area contributed by atoms with E-state index < -0.39 is 11.8 Å². The molecule has 1 aliphatic rings. The number of hydrogen-bond acceptors (Lipinski definition) is 5. The fraction of sp³-hybridized carbons (Fsp3) is 0.174. The molecule has 1 aromatic heterocycles. The summed E-state index contributed by atoms with van der Waals surface area (Å²) in [6, 6.07) is 12.6. The van der Waals surface area contributed by atoms with Gasteiger partial charge in [-0.05, 0) is 24.3 Å². The molecular formula is C23H17FN2O5. The summed E-state index contributed by atoms with van der Waals surface area (Å²) in [6.07, 6.45) is -0.388. The third-order valence-corrected chi connectivity index (χ3v) is 4.65. The second kappa shape index (κ2) is 8.71. The van der Waals surface area contributed by atoms with E-state index in [4.69, 9.17) is 25.9 Å². The molecule has 31 heavy (non-hydrogen) atoms. The van der Waals surface area contributed by atoms with E-state index in [1.54, 1.807) is 36.4 Å². The monoisotopic (exact) mass is 420 g/mol. The lowest BCUT2D eigenvalue weighted by atomic mass is 10.0. The minimum atomic E-state index is -1.10. The van der Waals surface area contributed by atoms with Crippen molar-refractivity contribution in [1.82, 2.24) is 4.98 Å². The normalized spacial score (nSPS) is 12.8. The molecule has 0 amide bonds. The summed E-state index contributed by atoms with van der Waals surface area (Å²) in [4.78, 5) is 19.0. The predicted octanol–water partition coefficient (Wildman–Crippen LogP) is 4.42. The van der Waals surface area contributed by atoms with Crippen LogP contribution in [-0.2, 0) is 17.8 Å². The zero-order chi connectivity index (χ0) is 21.8. The van der Waals surface area contributed by atoms with Gasteiger partial charge in [-0.1, -0.05) is 18.2 Å². The molecule has 2 aromatic carbocycles. The Morgan fingerprint density at radius 1 is 1.10 bits per heavy atom. The summed E-state index contributed by atoms with van der Waals surface area (Å²) in [7, 11) is 0. The molecule has 0 aliphatic carbocycles. The van der Waals surface area contributed by atoms with Gasteiger partial charge in [-0.25, -0.2) is 14.2 Å². The highest BCUT2D eigenvalue weighted by molar-refractivity contribution is 5.73. The molecule has 0 saturated carbocycles. The molecule has 0 fully saturated rings. The lowest BCUT2D eigenvalue weighted by Gasteiger charge is -2.17. The van der Waals surface area contributed by atoms with Crippen LogP contribution < -0.4 is 14.2 Å². The van der Waals surface area contributed by atoms with Crippen molar-refractivity contribution in [1.29, 1.82) is 0 Å². The van der Waals surface area contributed by atoms with Crippen molar-refractivity contribution < 1.29 is 28.5 Å². The summed E-state index contributed by atoms with van der Waals surface area (Å²) < 4.78 is 32.1. The highest BCUT2D eigenvalue weighted by Crippen LogP contribution is 2.32. The molecule has 1 N–H and O–H groups in total. The smallest absolute Gasteiger partial charge is 0.307 e. The number of fused-ring (bicyclic) bond motifs is 6. The van der Waals surface area contributed by atoms with Gasteiger partial charge < -0.3 is 19.3 Å². The number of rotatable bonds is 2. The van der Waals surface area contributed by atoms with E-state index in [9.17, 15) is 9.18 Å². The molecule has 0 atom stereocenters. The van der Waals surface area contributed by atoms with Crippen molar-refractivity contribution in [2.24, 2.45) is 0 Å². The maximum Gasteiger partial charge on any atom is 0.307 e. The van der Waals surface area contributed by atoms with E-state index in [-0.39, 0.29) is 49.0 Å². The number of carbonyl (C=O) groups is 1. The Bertz CT molecular complexity index is 1190. The maximum absolute atomic E-state index is 14.8. The fourth-order valence-electron chi connectivity index (χ4n) is 3.19. The van der Waals surface area contributed by atoms with Crippen LogP contribution in [-0.4, -0.2) is 29.3 Å². The van der Waals surface area contributed by atoms with Gasteiger partial charge in [0.15, 0.2) is 5.69 Å². The van der Waals surface area contributed by atoms with Gasteiger partial charge in [0.25, 0.3) is 0 Å². The Hall–Kier alpha value is -4.12. The van der Waals surface area contributed by atoms with E-state index in [0.717, 1.165) is 6.07 Å². The molecule has 8 heteroatoms. The highest BCUT2D eigenvalue weighted by atomic mass is 19.1. The number of benzene rings is 2. The standard InChI is InChI=1S/C23H17FN2O5/c1-25-16-6-5-14-13-31-22-4-2-3-19(26-22)17-12-21(30-8-7-29-20(14)11-16)15(9-18(17)24)10-23(27)28/h2-6,9,11-12H,7-8,10,13H2,(H,27,28). The van der Waals surface area contributed by atoms with E-state index in [1.165, 1.54) is 6.07 Å². The van der Waals surface area contributed by atoms with Crippen molar-refractivity contribution in [3.05, 3.63) is 76.9 Å². The van der Waals surface area contributed by atoms with Crippen molar-refractivity contribution in [2.75, 3.05) is 13.2 Å². The topological polar surface area (TPSA) is 82.2 Å². The molecule has 4 rings (SSSR count). The van der Waals surface area contributed by atoms with Gasteiger partial charge in [-0.15, -0.1) is 0 Å². The Labute approximate surface area is 177 Å². The minimum Gasteiger partial charge on any atom is -0.491 e. The first kappa shape index (κ1) is 20.2. The lowest BCUT2D eigenvalue weighted by Crippen LogP contribution is -2.13. The molecule has 0 radical (unpaired) electrons. The van der Waals surface area contributed by atoms with E-state index in [0.29, 0.717) is 22.7 Å². The van der Waals surface area contributed by atoms with Crippen LogP contribution in [0.4, 0.5) is 10.1 Å². The van der Waals surface area contributed by atoms with Crippen molar-refractivity contribution in [2.45, 2.75) is 13.0 Å². The molecule has 0 unspecified atom stereocenters. The van der Waals surface area contributed by atoms with Gasteiger partial charge in [0, 0.05) is 22.8 Å². The fourth-order valence-corrected chi connectivity index (χ4v) is 3.19. The van der Waals surface area contributed by atoms with Gasteiger partial charge in [0.2, 0.25) is 5.88 Å². The van der Waals surface area contributed by atoms with Crippen LogP contribution >= 0.6 is 0 Å². The molecular weight excluding hydrogens is 403 g/mol. The first-order chi connectivity index (χ1) is 15.0. The lowest BCUT2D eigenvalue weighted by molar-refractivity contribution is -0.136. The molecule has 4 bridgehead atoms. The predicted molar refractivity (Wildman–Crippen MR) is 109 cm³/mol. The molecule has 2 heterocycles. The van der Waals surface area contributed by atoms with E-state index in [1.807, 2.05) is 0 Å². The number of aromatic nitrogens is 1. The van der Waals surface area contributed by atoms with Gasteiger partial charge in [-0.3, -0.25) is 4.79 Å². The number of carboxylic acid groups (broad SMARTS) is 1. The summed E-state index contributed by atoms with van der Waals surface area (Å²) in [6.45, 7) is 7.58. The second-order valence-electron chi connectivity index (χ2n) is 6.76. The maximum atomic E-state index is 14.8. The number of halogens is 1. The largest absolute Gasteiger partial charge is 0.491 e. The second-order valence-corrected chi connectivity index (χ2v) is 6.76.